The lowest BCUT2D eigenvalue weighted by Gasteiger charge is -2.49. The van der Waals surface area contributed by atoms with Crippen molar-refractivity contribution in [3.8, 4) is 0 Å². The normalized spacial score (nSPS) is 19.9. The summed E-state index contributed by atoms with van der Waals surface area (Å²) in [7, 11) is -3.36. The van der Waals surface area contributed by atoms with Gasteiger partial charge in [0.2, 0.25) is 21.1 Å². The van der Waals surface area contributed by atoms with Gasteiger partial charge in [-0.25, -0.2) is 27.3 Å². The Morgan fingerprint density at radius 1 is 1.31 bits per heavy atom. The molecule has 0 unspecified atom stereocenters. The van der Waals surface area contributed by atoms with E-state index in [1.165, 1.54) is 44.1 Å². The Morgan fingerprint density at radius 2 is 2.11 bits per heavy atom. The molecule has 2 amide bonds. The van der Waals surface area contributed by atoms with Gasteiger partial charge in [0, 0.05) is 18.1 Å². The molecular weight excluding hydrogens is 526 g/mol. The van der Waals surface area contributed by atoms with E-state index in [9.17, 15) is 27.9 Å². The zero-order valence-corrected chi connectivity index (χ0v) is 20.5. The van der Waals surface area contributed by atoms with Gasteiger partial charge in [-0.05, 0) is 26.4 Å². The third kappa shape index (κ3) is 5.77. The predicted molar refractivity (Wildman–Crippen MR) is 119 cm³/mol. The Labute approximate surface area is 206 Å². The maximum absolute atomic E-state index is 12.7. The molecule has 2 atom stereocenters. The number of carboxylic acids is 1. The van der Waals surface area contributed by atoms with Crippen LogP contribution in [0.25, 0.3) is 0 Å². The van der Waals surface area contributed by atoms with E-state index in [1.54, 1.807) is 0 Å². The third-order valence-electron chi connectivity index (χ3n) is 4.83. The number of sulfonamides is 1. The van der Waals surface area contributed by atoms with Gasteiger partial charge in [-0.1, -0.05) is 11.8 Å². The summed E-state index contributed by atoms with van der Waals surface area (Å²) in [6, 6.07) is -0.859. The van der Waals surface area contributed by atoms with Crippen LogP contribution in [0, 0.1) is 0 Å². The highest BCUT2D eigenvalue weighted by Crippen LogP contribution is 2.41. The number of nitrogens with one attached hydrogen (secondary N) is 2. The summed E-state index contributed by atoms with van der Waals surface area (Å²) in [6.45, 7) is 0.0909. The molecule has 0 bridgehead atoms. The second kappa shape index (κ2) is 10.3. The van der Waals surface area contributed by atoms with Gasteiger partial charge in [0.25, 0.3) is 5.91 Å². The fourth-order valence-corrected chi connectivity index (χ4v) is 6.19. The highest BCUT2D eigenvalue weighted by atomic mass is 32.2. The zero-order valence-electron chi connectivity index (χ0n) is 18.0. The third-order valence-corrected chi connectivity index (χ3v) is 7.94. The number of hydrogen-bond acceptors (Lipinski definition) is 13. The molecule has 2 aromatic rings. The average Bonchev–Trinajstić information content (AvgIpc) is 3.46. The van der Waals surface area contributed by atoms with E-state index >= 15 is 0 Å². The molecule has 0 aromatic carbocycles. The van der Waals surface area contributed by atoms with Crippen molar-refractivity contribution in [1.29, 1.82) is 0 Å². The smallest absolute Gasteiger partial charge is 0.352 e. The van der Waals surface area contributed by atoms with Gasteiger partial charge >= 0.3 is 5.97 Å². The van der Waals surface area contributed by atoms with Crippen LogP contribution in [0.3, 0.4) is 0 Å². The summed E-state index contributed by atoms with van der Waals surface area (Å²) in [4.78, 5) is 38.1. The maximum atomic E-state index is 12.7. The van der Waals surface area contributed by atoms with Gasteiger partial charge in [0.15, 0.2) is 0 Å². The highest BCUT2D eigenvalue weighted by Gasteiger charge is 2.54. The van der Waals surface area contributed by atoms with Gasteiger partial charge in [-0.3, -0.25) is 14.5 Å². The lowest BCUT2D eigenvalue weighted by Crippen LogP contribution is -2.70. The van der Waals surface area contributed by atoms with E-state index in [1.807, 2.05) is 0 Å². The number of carboxylic acid groups (broad SMARTS) is 1. The number of tetrazole rings is 2. The van der Waals surface area contributed by atoms with Crippen LogP contribution in [0.15, 0.2) is 22.8 Å². The molecule has 188 valence electrons. The second-order valence-electron chi connectivity index (χ2n) is 7.36. The van der Waals surface area contributed by atoms with Crippen molar-refractivity contribution in [3.05, 3.63) is 17.6 Å². The van der Waals surface area contributed by atoms with E-state index in [-0.39, 0.29) is 31.1 Å². The minimum absolute atomic E-state index is 0.0842. The molecule has 0 radical (unpaired) electrons. The number of carbonyl (C=O) groups is 3. The number of aromatic nitrogens is 8. The number of amides is 2. The van der Waals surface area contributed by atoms with Gasteiger partial charge in [-0.15, -0.1) is 22.0 Å². The first kappa shape index (κ1) is 25.0. The molecule has 4 rings (SSSR count). The van der Waals surface area contributed by atoms with Crippen LogP contribution in [0.5, 0.6) is 0 Å². The maximum Gasteiger partial charge on any atom is 0.352 e. The number of hydrogen-bond donors (Lipinski definition) is 3. The number of thioether (sulfide) groups is 2. The van der Waals surface area contributed by atoms with E-state index in [0.717, 1.165) is 6.26 Å². The second-order valence-corrected chi connectivity index (χ2v) is 11.2. The van der Waals surface area contributed by atoms with Crippen LogP contribution in [-0.2, 0) is 37.5 Å². The van der Waals surface area contributed by atoms with E-state index in [0.29, 0.717) is 16.5 Å². The van der Waals surface area contributed by atoms with E-state index in [4.69, 9.17) is 0 Å². The van der Waals surface area contributed by atoms with Crippen molar-refractivity contribution in [2.45, 2.75) is 29.7 Å². The Morgan fingerprint density at radius 3 is 2.80 bits per heavy atom. The Bertz CT molecular complexity index is 1260. The first-order chi connectivity index (χ1) is 16.6. The molecule has 1 fully saturated rings. The summed E-state index contributed by atoms with van der Waals surface area (Å²) in [6.07, 6.45) is 2.30. The molecule has 0 aliphatic carbocycles. The largest absolute Gasteiger partial charge is 0.477 e. The summed E-state index contributed by atoms with van der Waals surface area (Å²) in [5.41, 5.74) is 0.370. The molecule has 0 saturated carbocycles. The zero-order chi connectivity index (χ0) is 25.2. The minimum atomic E-state index is -3.36. The van der Waals surface area contributed by atoms with E-state index in [2.05, 4.69) is 41.1 Å². The summed E-state index contributed by atoms with van der Waals surface area (Å²) < 4.78 is 27.4. The van der Waals surface area contributed by atoms with E-state index < -0.39 is 39.2 Å². The molecule has 20 heteroatoms. The van der Waals surface area contributed by atoms with Crippen molar-refractivity contribution in [2.75, 3.05) is 24.3 Å². The van der Waals surface area contributed by atoms with Crippen LogP contribution >= 0.6 is 23.5 Å². The molecule has 17 nitrogen and oxygen atoms in total. The molecule has 4 heterocycles. The van der Waals surface area contributed by atoms with Crippen molar-refractivity contribution in [1.82, 2.24) is 55.4 Å². The van der Waals surface area contributed by atoms with Crippen LogP contribution in [-0.4, -0.2) is 112 Å². The number of carbonyl (C=O) groups excluding carboxylic acids is 2. The first-order valence-corrected chi connectivity index (χ1v) is 13.8. The lowest BCUT2D eigenvalue weighted by molar-refractivity contribution is -0.150. The number of aliphatic carboxylic acids is 1. The fraction of sp³-hybridized carbons (Fsp3) is 0.533. The highest BCUT2D eigenvalue weighted by molar-refractivity contribution is 8.01. The van der Waals surface area contributed by atoms with Crippen molar-refractivity contribution >= 4 is 51.3 Å². The quantitative estimate of drug-likeness (QED) is 0.186. The summed E-state index contributed by atoms with van der Waals surface area (Å²) in [5, 5.41) is 34.0. The number of fused-ring (bicyclic) bond motifs is 1. The first-order valence-electron chi connectivity index (χ1n) is 9.88. The van der Waals surface area contributed by atoms with Crippen LogP contribution in [0.4, 0.5) is 0 Å². The van der Waals surface area contributed by atoms with Gasteiger partial charge in [0.05, 0.1) is 12.8 Å². The standard InChI is InChI=1S/C15H19N11O6S3/c1-35(31,32)17-2-3-25-15(19-21-23-25)34-6-8-5-33-13-10(12(28)26(13)11(8)14(29)30)18-9(27)4-24-7-16-20-22-24/h7,10,13,17H,2-6H2,1H3,(H,18,27)(H,29,30)/t10-,13-/m1/s1. The lowest BCUT2D eigenvalue weighted by atomic mass is 10.0. The monoisotopic (exact) mass is 545 g/mol. The summed E-state index contributed by atoms with van der Waals surface area (Å²) in [5.74, 6) is -1.74. The molecule has 3 N–H and O–H groups in total. The molecule has 2 aromatic heterocycles. The molecular formula is C15H19N11O6S3. The SMILES string of the molecule is CS(=O)(=O)NCCn1nnnc1SCC1=C(C(=O)O)N2C(=O)[C@@H](NC(=O)Cn3cnnn3)[C@H]2SC1. The average molecular weight is 546 g/mol. The fourth-order valence-electron chi connectivity index (χ4n) is 3.34. The van der Waals surface area contributed by atoms with Gasteiger partial charge < -0.3 is 10.4 Å². The number of rotatable bonds is 11. The topological polar surface area (TPSA) is 220 Å². The van der Waals surface area contributed by atoms with Crippen molar-refractivity contribution in [3.63, 3.8) is 0 Å². The minimum Gasteiger partial charge on any atom is -0.477 e. The Balaban J connectivity index is 1.39. The molecule has 2 aliphatic heterocycles. The van der Waals surface area contributed by atoms with Crippen LogP contribution in [0.2, 0.25) is 0 Å². The van der Waals surface area contributed by atoms with Crippen LogP contribution < -0.4 is 10.0 Å². The molecule has 1 saturated heterocycles. The van der Waals surface area contributed by atoms with Crippen LogP contribution in [0.1, 0.15) is 0 Å². The number of β-lactam (4-membered cyclic amide) rings is 1. The van der Waals surface area contributed by atoms with Gasteiger partial charge in [0.1, 0.15) is 30.0 Å². The predicted octanol–water partition coefficient (Wildman–Crippen LogP) is -3.26. The molecule has 35 heavy (non-hydrogen) atoms. The Hall–Kier alpha value is -3.10. The Kier molecular flexibility index (Phi) is 7.33. The summed E-state index contributed by atoms with van der Waals surface area (Å²) >= 11 is 2.50. The van der Waals surface area contributed by atoms with Crippen molar-refractivity contribution < 1.29 is 27.9 Å². The van der Waals surface area contributed by atoms with Gasteiger partial charge in [-0.2, -0.15) is 0 Å². The molecule has 2 aliphatic rings. The van der Waals surface area contributed by atoms with Crippen molar-refractivity contribution in [2.24, 2.45) is 0 Å². The number of nitrogens with zero attached hydrogens (tertiary/aromatic N) is 9. The molecule has 0 spiro atoms.